The predicted octanol–water partition coefficient (Wildman–Crippen LogP) is 1.72. The molecule has 2 aromatic rings. The number of nitrogens with one attached hydrogen (secondary N) is 2. The van der Waals surface area contributed by atoms with Crippen molar-refractivity contribution in [1.29, 1.82) is 0 Å². The van der Waals surface area contributed by atoms with Gasteiger partial charge in [-0.05, 0) is 18.6 Å². The molecule has 4 N–H and O–H groups in total. The van der Waals surface area contributed by atoms with Crippen molar-refractivity contribution in [3.63, 3.8) is 0 Å². The van der Waals surface area contributed by atoms with Crippen LogP contribution in [0.2, 0.25) is 0 Å². The fourth-order valence-corrected chi connectivity index (χ4v) is 2.41. The fraction of sp³-hybridized carbons (Fsp3) is 0.333. The quantitative estimate of drug-likeness (QED) is 0.304. The highest BCUT2D eigenvalue weighted by molar-refractivity contribution is 7.13. The third-order valence-electron chi connectivity index (χ3n) is 2.78. The van der Waals surface area contributed by atoms with Crippen molar-refractivity contribution in [3.8, 4) is 11.4 Å². The summed E-state index contributed by atoms with van der Waals surface area (Å²) in [6.07, 6.45) is 0.877. The lowest BCUT2D eigenvalue weighted by molar-refractivity contribution is -0.119. The van der Waals surface area contributed by atoms with Gasteiger partial charge in [0.15, 0.2) is 0 Å². The fourth-order valence-electron chi connectivity index (χ4n) is 1.72. The first kappa shape index (κ1) is 17.8. The van der Waals surface area contributed by atoms with E-state index < -0.39 is 0 Å². The highest BCUT2D eigenvalue weighted by Gasteiger charge is 2.07. The molecule has 1 amide bonds. The molecule has 0 fully saturated rings. The lowest BCUT2D eigenvalue weighted by Gasteiger charge is -2.03. The zero-order valence-electron chi connectivity index (χ0n) is 13.6. The van der Waals surface area contributed by atoms with Crippen LogP contribution in [0.5, 0.6) is 0 Å². The van der Waals surface area contributed by atoms with Gasteiger partial charge in [-0.15, -0.1) is 11.3 Å². The summed E-state index contributed by atoms with van der Waals surface area (Å²) in [6, 6.07) is 5.57. The molecule has 0 saturated heterocycles. The molecular formula is C15H20N6O2S. The molecule has 128 valence electrons. The second kappa shape index (κ2) is 8.94. The number of nitrogens with two attached hydrogens (primary N) is 1. The number of carbonyl (C=O) groups excluding carboxylic acids is 1. The van der Waals surface area contributed by atoms with Crippen LogP contribution in [0.4, 0.5) is 5.13 Å². The van der Waals surface area contributed by atoms with E-state index in [2.05, 4.69) is 25.8 Å². The average molecular weight is 348 g/mol. The van der Waals surface area contributed by atoms with E-state index in [1.54, 1.807) is 0 Å². The highest BCUT2D eigenvalue weighted by atomic mass is 32.1. The molecule has 2 heterocycles. The zero-order valence-corrected chi connectivity index (χ0v) is 14.4. The number of thiazole rings is 1. The Bertz CT molecular complexity index is 715. The minimum Gasteiger partial charge on any atom is -0.368 e. The van der Waals surface area contributed by atoms with E-state index in [1.165, 1.54) is 18.3 Å². The summed E-state index contributed by atoms with van der Waals surface area (Å²) in [5.74, 6) is 0.0532. The number of aliphatic imine (C=N–C) groups is 1. The Morgan fingerprint density at radius 2 is 2.21 bits per heavy atom. The van der Waals surface area contributed by atoms with Gasteiger partial charge >= 0.3 is 0 Å². The van der Waals surface area contributed by atoms with Gasteiger partial charge in [0.05, 0.1) is 24.5 Å². The summed E-state index contributed by atoms with van der Waals surface area (Å²) in [6.45, 7) is 4.39. The van der Waals surface area contributed by atoms with Gasteiger partial charge in [-0.25, -0.2) is 15.4 Å². The molecule has 0 atom stereocenters. The van der Waals surface area contributed by atoms with Crippen molar-refractivity contribution in [1.82, 2.24) is 20.8 Å². The van der Waals surface area contributed by atoms with Gasteiger partial charge in [-0.3, -0.25) is 9.63 Å². The van der Waals surface area contributed by atoms with Crippen LogP contribution in [0.3, 0.4) is 0 Å². The minimum atomic E-state index is -0.0965. The van der Waals surface area contributed by atoms with E-state index in [-0.39, 0.29) is 11.9 Å². The normalized spacial score (nSPS) is 11.3. The van der Waals surface area contributed by atoms with Gasteiger partial charge in [0.25, 0.3) is 0 Å². The number of carbonyl (C=O) groups is 1. The zero-order chi connectivity index (χ0) is 17.4. The monoisotopic (exact) mass is 348 g/mol. The van der Waals surface area contributed by atoms with Crippen LogP contribution in [0, 0.1) is 0 Å². The molecule has 0 spiro atoms. The number of hydroxylamine groups is 1. The summed E-state index contributed by atoms with van der Waals surface area (Å²) in [4.78, 5) is 29.1. The van der Waals surface area contributed by atoms with Crippen molar-refractivity contribution in [2.45, 2.75) is 26.8 Å². The first-order valence-corrected chi connectivity index (χ1v) is 8.34. The van der Waals surface area contributed by atoms with Crippen LogP contribution < -0.4 is 16.5 Å². The lowest BCUT2D eigenvalue weighted by atomic mass is 10.2. The highest BCUT2D eigenvalue weighted by Crippen LogP contribution is 2.25. The Morgan fingerprint density at radius 3 is 2.96 bits per heavy atom. The van der Waals surface area contributed by atoms with Gasteiger partial charge in [0, 0.05) is 12.3 Å². The average Bonchev–Trinajstić information content (AvgIpc) is 3.02. The molecule has 0 radical (unpaired) electrons. The Hall–Kier alpha value is -2.52. The standard InChI is InChI=1S/C15H20N6O2S/c1-3-7-23-21-14(16)20-15-19-13(9-24-15)12-6-4-5-11(18-12)8-17-10(2)22/h4-6,9H,3,7-8H2,1-2H3,(H,17,22)(H3,16,19,20,21). The number of pyridine rings is 1. The summed E-state index contributed by atoms with van der Waals surface area (Å²) in [5, 5.41) is 5.07. The molecule has 0 aliphatic rings. The number of rotatable bonds is 7. The number of aromatic nitrogens is 2. The van der Waals surface area contributed by atoms with Crippen molar-refractivity contribution in [2.75, 3.05) is 6.61 Å². The third kappa shape index (κ3) is 5.60. The molecule has 0 aliphatic heterocycles. The van der Waals surface area contributed by atoms with Crippen LogP contribution in [0.1, 0.15) is 26.0 Å². The molecule has 0 bridgehead atoms. The Kier molecular flexibility index (Phi) is 6.64. The number of guanidine groups is 1. The van der Waals surface area contributed by atoms with Crippen LogP contribution in [-0.2, 0) is 16.2 Å². The van der Waals surface area contributed by atoms with Crippen molar-refractivity contribution >= 4 is 28.3 Å². The van der Waals surface area contributed by atoms with Gasteiger partial charge in [-0.2, -0.15) is 4.99 Å². The molecule has 2 rings (SSSR count). The molecule has 0 saturated carbocycles. The van der Waals surface area contributed by atoms with Crippen LogP contribution in [0.25, 0.3) is 11.4 Å². The van der Waals surface area contributed by atoms with E-state index in [4.69, 9.17) is 10.6 Å². The molecule has 0 aromatic carbocycles. The molecule has 0 aliphatic carbocycles. The lowest BCUT2D eigenvalue weighted by Crippen LogP contribution is -2.31. The van der Waals surface area contributed by atoms with Crippen molar-refractivity contribution in [3.05, 3.63) is 29.3 Å². The maximum absolute atomic E-state index is 11.0. The molecule has 2 aromatic heterocycles. The SMILES string of the molecule is CCCONC(N)=Nc1nc(-c2cccc(CNC(C)=O)n2)cs1. The number of hydrogen-bond donors (Lipinski definition) is 3. The maximum Gasteiger partial charge on any atom is 0.220 e. The Morgan fingerprint density at radius 1 is 1.38 bits per heavy atom. The predicted molar refractivity (Wildman–Crippen MR) is 93.5 cm³/mol. The summed E-state index contributed by atoms with van der Waals surface area (Å²) in [5.41, 5.74) is 10.4. The second-order valence-electron chi connectivity index (χ2n) is 4.89. The van der Waals surface area contributed by atoms with Gasteiger partial charge in [0.2, 0.25) is 17.0 Å². The third-order valence-corrected chi connectivity index (χ3v) is 3.51. The summed E-state index contributed by atoms with van der Waals surface area (Å²) in [7, 11) is 0. The summed E-state index contributed by atoms with van der Waals surface area (Å²) < 4.78 is 0. The first-order chi connectivity index (χ1) is 11.6. The van der Waals surface area contributed by atoms with Crippen LogP contribution in [0.15, 0.2) is 28.6 Å². The second-order valence-corrected chi connectivity index (χ2v) is 5.72. The van der Waals surface area contributed by atoms with Crippen LogP contribution in [-0.4, -0.2) is 28.4 Å². The first-order valence-electron chi connectivity index (χ1n) is 7.46. The Balaban J connectivity index is 2.06. The largest absolute Gasteiger partial charge is 0.368 e. The van der Waals surface area contributed by atoms with E-state index in [1.807, 2.05) is 30.5 Å². The van der Waals surface area contributed by atoms with E-state index >= 15 is 0 Å². The molecule has 9 heteroatoms. The number of nitrogens with zero attached hydrogens (tertiary/aromatic N) is 3. The molecule has 0 unspecified atom stereocenters. The number of amides is 1. The topological polar surface area (TPSA) is 115 Å². The molecular weight excluding hydrogens is 328 g/mol. The molecule has 24 heavy (non-hydrogen) atoms. The van der Waals surface area contributed by atoms with Gasteiger partial charge < -0.3 is 11.1 Å². The Labute approximate surface area is 144 Å². The maximum atomic E-state index is 11.0. The number of hydrogen-bond acceptors (Lipinski definition) is 6. The van der Waals surface area contributed by atoms with Crippen molar-refractivity contribution < 1.29 is 9.63 Å². The van der Waals surface area contributed by atoms with Gasteiger partial charge in [-0.1, -0.05) is 13.0 Å². The summed E-state index contributed by atoms with van der Waals surface area (Å²) >= 11 is 1.35. The van der Waals surface area contributed by atoms with E-state index in [0.29, 0.717) is 29.7 Å². The minimum absolute atomic E-state index is 0.0965. The van der Waals surface area contributed by atoms with Crippen LogP contribution >= 0.6 is 11.3 Å². The van der Waals surface area contributed by atoms with Gasteiger partial charge in [0.1, 0.15) is 5.69 Å². The van der Waals surface area contributed by atoms with Crippen molar-refractivity contribution in [2.24, 2.45) is 10.7 Å². The smallest absolute Gasteiger partial charge is 0.220 e. The molecule has 8 nitrogen and oxygen atoms in total. The van der Waals surface area contributed by atoms with E-state index in [9.17, 15) is 4.79 Å². The van der Waals surface area contributed by atoms with E-state index in [0.717, 1.165) is 12.1 Å².